The Kier molecular flexibility index (Phi) is 3.09. The minimum atomic E-state index is -0.661. The molecule has 1 rings (SSSR count). The van der Waals surface area contributed by atoms with Gasteiger partial charge in [0.2, 0.25) is 0 Å². The van der Waals surface area contributed by atoms with Gasteiger partial charge in [0.15, 0.2) is 11.6 Å². The van der Waals surface area contributed by atoms with Crippen LogP contribution in [-0.2, 0) is 9.59 Å². The molecule has 0 aromatic carbocycles. The molecule has 0 fully saturated rings. The molecule has 0 saturated heterocycles. The number of aliphatic hydroxyl groups excluding tert-OH is 1. The number of thiol groups is 1. The van der Waals surface area contributed by atoms with Crippen LogP contribution in [0.5, 0.6) is 0 Å². The fourth-order valence-electron chi connectivity index (χ4n) is 1.64. The summed E-state index contributed by atoms with van der Waals surface area (Å²) in [4.78, 5) is 23.2. The quantitative estimate of drug-likeness (QED) is 0.558. The van der Waals surface area contributed by atoms with Crippen molar-refractivity contribution in [1.29, 1.82) is 0 Å². The molecule has 1 aliphatic rings. The summed E-state index contributed by atoms with van der Waals surface area (Å²) in [6.07, 6.45) is 1.67. The zero-order valence-electron chi connectivity index (χ0n) is 9.00. The maximum absolute atomic E-state index is 11.7. The molecule has 3 nitrogen and oxygen atoms in total. The largest absolute Gasteiger partial charge is 0.511 e. The summed E-state index contributed by atoms with van der Waals surface area (Å²) in [5, 5.41) is 9.85. The number of carbonyl (C=O) groups is 2. The zero-order valence-corrected chi connectivity index (χ0v) is 9.89. The van der Waals surface area contributed by atoms with Crippen molar-refractivity contribution in [3.8, 4) is 0 Å². The second-order valence-electron chi connectivity index (χ2n) is 4.18. The Labute approximate surface area is 94.3 Å². The van der Waals surface area contributed by atoms with E-state index >= 15 is 0 Å². The van der Waals surface area contributed by atoms with Crippen molar-refractivity contribution >= 4 is 24.2 Å². The fourth-order valence-corrected chi connectivity index (χ4v) is 1.80. The van der Waals surface area contributed by atoms with Crippen LogP contribution < -0.4 is 0 Å². The number of carbonyl (C=O) groups excluding carboxylic acids is 2. The molecule has 82 valence electrons. The van der Waals surface area contributed by atoms with Crippen molar-refractivity contribution in [2.45, 2.75) is 20.8 Å². The van der Waals surface area contributed by atoms with Crippen LogP contribution in [0.2, 0.25) is 0 Å². The molecule has 0 spiro atoms. The monoisotopic (exact) mass is 226 g/mol. The fraction of sp³-hybridized carbons (Fsp3) is 0.455. The number of hydrogen-bond donors (Lipinski definition) is 2. The van der Waals surface area contributed by atoms with Crippen LogP contribution in [0, 0.1) is 5.41 Å². The molecule has 0 amide bonds. The van der Waals surface area contributed by atoms with Crippen LogP contribution in [0.3, 0.4) is 0 Å². The van der Waals surface area contributed by atoms with E-state index in [-0.39, 0.29) is 17.1 Å². The Morgan fingerprint density at radius 2 is 2.07 bits per heavy atom. The normalized spacial score (nSPS) is 20.3. The SMILES string of the molecule is CC1=CC(C)(C)C(O)=C(C(=O)CS)C1=O. The lowest BCUT2D eigenvalue weighted by atomic mass is 9.78. The third-order valence-electron chi connectivity index (χ3n) is 2.43. The molecule has 0 bridgehead atoms. The number of allylic oxidation sites excluding steroid dienone is 3. The second-order valence-corrected chi connectivity index (χ2v) is 4.50. The summed E-state index contributed by atoms with van der Waals surface area (Å²) in [6, 6.07) is 0. The number of Topliss-reactive ketones (excluding diaryl/α,β-unsaturated/α-hetero) is 2. The van der Waals surface area contributed by atoms with Gasteiger partial charge in [-0.15, -0.1) is 0 Å². The average Bonchev–Trinajstić information content (AvgIpc) is 2.14. The van der Waals surface area contributed by atoms with Gasteiger partial charge in [-0.3, -0.25) is 9.59 Å². The van der Waals surface area contributed by atoms with Crippen LogP contribution in [0.25, 0.3) is 0 Å². The maximum Gasteiger partial charge on any atom is 0.195 e. The highest BCUT2D eigenvalue weighted by atomic mass is 32.1. The Balaban J connectivity index is 3.33. The first-order valence-electron chi connectivity index (χ1n) is 4.63. The zero-order chi connectivity index (χ0) is 11.8. The van der Waals surface area contributed by atoms with Crippen molar-refractivity contribution in [2.75, 3.05) is 5.75 Å². The second kappa shape index (κ2) is 3.85. The minimum Gasteiger partial charge on any atom is -0.511 e. The first-order valence-corrected chi connectivity index (χ1v) is 5.26. The van der Waals surface area contributed by atoms with Crippen molar-refractivity contribution in [1.82, 2.24) is 0 Å². The van der Waals surface area contributed by atoms with Gasteiger partial charge in [-0.1, -0.05) is 6.08 Å². The van der Waals surface area contributed by atoms with Crippen LogP contribution in [0.1, 0.15) is 20.8 Å². The van der Waals surface area contributed by atoms with Crippen molar-refractivity contribution in [2.24, 2.45) is 5.41 Å². The van der Waals surface area contributed by atoms with E-state index in [1.807, 2.05) is 0 Å². The van der Waals surface area contributed by atoms with Gasteiger partial charge >= 0.3 is 0 Å². The molecule has 0 unspecified atom stereocenters. The van der Waals surface area contributed by atoms with Gasteiger partial charge in [-0.2, -0.15) is 12.6 Å². The van der Waals surface area contributed by atoms with E-state index < -0.39 is 17.0 Å². The van der Waals surface area contributed by atoms with Gasteiger partial charge in [-0.25, -0.2) is 0 Å². The summed E-state index contributed by atoms with van der Waals surface area (Å²) in [6.45, 7) is 5.15. The average molecular weight is 226 g/mol. The molecule has 4 heteroatoms. The number of ketones is 2. The summed E-state index contributed by atoms with van der Waals surface area (Å²) < 4.78 is 0. The minimum absolute atomic E-state index is 0.0749. The number of aliphatic hydroxyl groups is 1. The van der Waals surface area contributed by atoms with Crippen LogP contribution >= 0.6 is 12.6 Å². The van der Waals surface area contributed by atoms with Gasteiger partial charge in [0.25, 0.3) is 0 Å². The van der Waals surface area contributed by atoms with E-state index in [9.17, 15) is 14.7 Å². The van der Waals surface area contributed by atoms with Crippen molar-refractivity contribution in [3.05, 3.63) is 23.0 Å². The first-order chi connectivity index (χ1) is 6.81. The van der Waals surface area contributed by atoms with Crippen LogP contribution in [0.4, 0.5) is 0 Å². The molecule has 1 aliphatic carbocycles. The van der Waals surface area contributed by atoms with Gasteiger partial charge < -0.3 is 5.11 Å². The molecule has 0 aliphatic heterocycles. The molecule has 0 atom stereocenters. The topological polar surface area (TPSA) is 54.4 Å². The molecule has 15 heavy (non-hydrogen) atoms. The van der Waals surface area contributed by atoms with E-state index in [0.717, 1.165) is 0 Å². The van der Waals surface area contributed by atoms with Crippen molar-refractivity contribution in [3.63, 3.8) is 0 Å². The van der Waals surface area contributed by atoms with E-state index in [1.54, 1.807) is 26.8 Å². The number of rotatable bonds is 2. The third-order valence-corrected chi connectivity index (χ3v) is 2.72. The summed E-state index contributed by atoms with van der Waals surface area (Å²) in [7, 11) is 0. The third kappa shape index (κ3) is 2.00. The van der Waals surface area contributed by atoms with Gasteiger partial charge in [0, 0.05) is 5.41 Å². The lowest BCUT2D eigenvalue weighted by Gasteiger charge is -2.27. The van der Waals surface area contributed by atoms with E-state index in [4.69, 9.17) is 0 Å². The number of hydrogen-bond acceptors (Lipinski definition) is 4. The first kappa shape index (κ1) is 12.0. The molecule has 0 saturated carbocycles. The highest BCUT2D eigenvalue weighted by molar-refractivity contribution is 7.81. The predicted octanol–water partition coefficient (Wildman–Crippen LogP) is 1.85. The Bertz CT molecular complexity index is 389. The van der Waals surface area contributed by atoms with Crippen LogP contribution in [-0.4, -0.2) is 22.4 Å². The maximum atomic E-state index is 11.7. The molecular formula is C11H14O3S. The van der Waals surface area contributed by atoms with E-state index in [1.165, 1.54) is 0 Å². The smallest absolute Gasteiger partial charge is 0.195 e. The highest BCUT2D eigenvalue weighted by Crippen LogP contribution is 2.35. The highest BCUT2D eigenvalue weighted by Gasteiger charge is 2.35. The van der Waals surface area contributed by atoms with Crippen LogP contribution in [0.15, 0.2) is 23.0 Å². The lowest BCUT2D eigenvalue weighted by molar-refractivity contribution is -0.119. The lowest BCUT2D eigenvalue weighted by Crippen LogP contribution is -2.28. The van der Waals surface area contributed by atoms with E-state index in [0.29, 0.717) is 5.57 Å². The molecule has 0 radical (unpaired) electrons. The molecule has 1 N–H and O–H groups in total. The van der Waals surface area contributed by atoms with Gasteiger partial charge in [0.05, 0.1) is 5.75 Å². The van der Waals surface area contributed by atoms with Gasteiger partial charge in [-0.05, 0) is 26.3 Å². The predicted molar refractivity (Wildman–Crippen MR) is 61.1 cm³/mol. The van der Waals surface area contributed by atoms with E-state index in [2.05, 4.69) is 12.6 Å². The molecular weight excluding hydrogens is 212 g/mol. The standard InChI is InChI=1S/C11H14O3S/c1-6-4-11(2,3)10(14)8(9(6)13)7(12)5-15/h4,14-15H,5H2,1-3H3. The Hall–Kier alpha value is -1.03. The van der Waals surface area contributed by atoms with Crippen molar-refractivity contribution < 1.29 is 14.7 Å². The Morgan fingerprint density at radius 1 is 1.53 bits per heavy atom. The molecule has 0 aromatic rings. The summed E-state index contributed by atoms with van der Waals surface area (Å²) in [5.41, 5.74) is -0.288. The Morgan fingerprint density at radius 3 is 2.53 bits per heavy atom. The van der Waals surface area contributed by atoms with Gasteiger partial charge in [0.1, 0.15) is 11.3 Å². The summed E-state index contributed by atoms with van der Waals surface area (Å²) in [5.74, 6) is -1.06. The molecule has 0 aromatic heterocycles. The molecule has 0 heterocycles. The summed E-state index contributed by atoms with van der Waals surface area (Å²) >= 11 is 3.83.